The van der Waals surface area contributed by atoms with Crippen LogP contribution in [0.15, 0.2) is 0 Å². The second-order valence-corrected chi connectivity index (χ2v) is 9.46. The molecule has 190 valence electrons. The summed E-state index contributed by atoms with van der Waals surface area (Å²) >= 11 is 1.41. The van der Waals surface area contributed by atoms with Crippen LogP contribution in [0.5, 0.6) is 0 Å². The normalized spacial score (nSPS) is 14.6. The molecule has 0 fully saturated rings. The van der Waals surface area contributed by atoms with E-state index < -0.39 is 38.1 Å². The van der Waals surface area contributed by atoms with Crippen LogP contribution in [-0.4, -0.2) is 123 Å². The van der Waals surface area contributed by atoms with Gasteiger partial charge in [0.2, 0.25) is 11.8 Å². The van der Waals surface area contributed by atoms with Gasteiger partial charge in [0.25, 0.3) is 0 Å². The first-order valence-electron chi connectivity index (χ1n) is 9.88. The number of aliphatic hydroxyl groups is 1. The molecule has 0 aromatic carbocycles. The van der Waals surface area contributed by atoms with Crippen molar-refractivity contribution in [2.45, 2.75) is 18.2 Å². The zero-order valence-electron chi connectivity index (χ0n) is 18.4. The Labute approximate surface area is 192 Å². The molecular formula is C17H36N3O10PS. The highest BCUT2D eigenvalue weighted by atomic mass is 32.2. The Bertz CT molecular complexity index is 569. The van der Waals surface area contributed by atoms with Crippen LogP contribution in [0.1, 0.15) is 0 Å². The maximum atomic E-state index is 12.2. The minimum Gasteiger partial charge on any atom is -0.394 e. The molecule has 0 heterocycles. The fourth-order valence-corrected chi connectivity index (χ4v) is 3.52. The highest BCUT2D eigenvalue weighted by Crippen LogP contribution is 2.33. The van der Waals surface area contributed by atoms with Gasteiger partial charge in [0.1, 0.15) is 6.04 Å². The van der Waals surface area contributed by atoms with Crippen molar-refractivity contribution in [3.8, 4) is 0 Å². The van der Waals surface area contributed by atoms with Gasteiger partial charge in [-0.3, -0.25) is 14.2 Å². The first-order valence-corrected chi connectivity index (χ1v) is 12.8. The molecule has 0 aliphatic rings. The molecule has 0 bridgehead atoms. The van der Waals surface area contributed by atoms with Gasteiger partial charge in [-0.15, -0.1) is 0 Å². The first kappa shape index (κ1) is 31.2. The molecule has 0 aliphatic carbocycles. The number of nitrogens with two attached hydrogens (primary N) is 1. The van der Waals surface area contributed by atoms with Crippen molar-refractivity contribution in [2.24, 2.45) is 5.73 Å². The molecule has 0 aliphatic heterocycles. The van der Waals surface area contributed by atoms with E-state index in [2.05, 4.69) is 10.6 Å². The van der Waals surface area contributed by atoms with Gasteiger partial charge in [0.05, 0.1) is 57.9 Å². The number of aliphatic hydroxyl groups excluding tert-OH is 1. The zero-order valence-corrected chi connectivity index (χ0v) is 20.1. The maximum Gasteiger partial charge on any atom is 0.327 e. The highest BCUT2D eigenvalue weighted by molar-refractivity contribution is 7.99. The van der Waals surface area contributed by atoms with E-state index in [1.54, 1.807) is 14.2 Å². The molecule has 0 rings (SSSR count). The van der Waals surface area contributed by atoms with Crippen LogP contribution in [0.3, 0.4) is 0 Å². The summed E-state index contributed by atoms with van der Waals surface area (Å²) in [5, 5.41) is 14.3. The van der Waals surface area contributed by atoms with Crippen LogP contribution in [0, 0.1) is 0 Å². The Morgan fingerprint density at radius 3 is 2.28 bits per heavy atom. The minimum absolute atomic E-state index is 0.0803. The van der Waals surface area contributed by atoms with Crippen molar-refractivity contribution >= 4 is 31.2 Å². The lowest BCUT2D eigenvalue weighted by Gasteiger charge is -2.19. The summed E-state index contributed by atoms with van der Waals surface area (Å²) in [5.41, 5.74) is 5.84. The smallest absolute Gasteiger partial charge is 0.327 e. The summed E-state index contributed by atoms with van der Waals surface area (Å²) < 4.78 is 31.1. The second kappa shape index (κ2) is 18.6. The van der Waals surface area contributed by atoms with Crippen molar-refractivity contribution in [1.29, 1.82) is 0 Å². The van der Waals surface area contributed by atoms with Crippen molar-refractivity contribution in [2.75, 3.05) is 78.1 Å². The Morgan fingerprint density at radius 2 is 1.72 bits per heavy atom. The third kappa shape index (κ3) is 16.8. The largest absolute Gasteiger partial charge is 0.394 e. The molecule has 0 radical (unpaired) electrons. The lowest BCUT2D eigenvalue weighted by Crippen LogP contribution is -2.54. The quantitative estimate of drug-likeness (QED) is 0.0753. The van der Waals surface area contributed by atoms with Gasteiger partial charge in [-0.2, -0.15) is 11.8 Å². The van der Waals surface area contributed by atoms with Crippen LogP contribution in [0.2, 0.25) is 0 Å². The zero-order chi connectivity index (χ0) is 24.4. The summed E-state index contributed by atoms with van der Waals surface area (Å²) in [7, 11) is -0.938. The fourth-order valence-electron chi connectivity index (χ4n) is 2.12. The molecule has 0 saturated heterocycles. The topological polar surface area (TPSA) is 199 Å². The molecule has 0 aromatic rings. The van der Waals surface area contributed by atoms with Gasteiger partial charge >= 0.3 is 7.60 Å². The van der Waals surface area contributed by atoms with Crippen LogP contribution in [0.25, 0.3) is 0 Å². The summed E-state index contributed by atoms with van der Waals surface area (Å²) in [6.07, 6.45) is -0.481. The number of thioether (sulfide) groups is 1. The lowest BCUT2D eigenvalue weighted by atomic mass is 10.2. The fraction of sp³-hybridized carbons (Fsp3) is 0.882. The standard InChI is InChI=1S/C17H36N3O10PS/c1-27-10-13(28-2)11-32-12-14(18)16(22)20-15(9-21)17(23)19-3-4-29-5-6-30-7-8-31(24,25)26/h13-15,21H,3-12,18H2,1-2H3,(H,19,23)(H,20,22)(H2,24,25,26)/t13-,14+,15+/m1/s1. The highest BCUT2D eigenvalue weighted by Gasteiger charge is 2.23. The predicted octanol–water partition coefficient (Wildman–Crippen LogP) is -2.49. The predicted molar refractivity (Wildman–Crippen MR) is 119 cm³/mol. The summed E-state index contributed by atoms with van der Waals surface area (Å²) in [6, 6.07) is -2.01. The van der Waals surface area contributed by atoms with Crippen LogP contribution in [0.4, 0.5) is 0 Å². The van der Waals surface area contributed by atoms with Gasteiger partial charge in [0.15, 0.2) is 0 Å². The summed E-state index contributed by atoms with van der Waals surface area (Å²) in [4.78, 5) is 41.6. The van der Waals surface area contributed by atoms with E-state index in [9.17, 15) is 19.3 Å². The Hall–Kier alpha value is -0.800. The number of hydrogen-bond acceptors (Lipinski definition) is 10. The molecule has 15 heteroatoms. The van der Waals surface area contributed by atoms with Crippen molar-refractivity contribution < 1.29 is 48.0 Å². The minimum atomic E-state index is -4.07. The number of amides is 2. The average molecular weight is 506 g/mol. The molecule has 0 saturated carbocycles. The number of carbonyl (C=O) groups is 2. The van der Waals surface area contributed by atoms with Gasteiger partial charge < -0.3 is 50.2 Å². The molecule has 3 atom stereocenters. The van der Waals surface area contributed by atoms with E-state index in [0.29, 0.717) is 18.1 Å². The Kier molecular flexibility index (Phi) is 18.1. The monoisotopic (exact) mass is 505 g/mol. The van der Waals surface area contributed by atoms with E-state index >= 15 is 0 Å². The van der Waals surface area contributed by atoms with E-state index in [4.69, 9.17) is 34.5 Å². The molecular weight excluding hydrogens is 469 g/mol. The number of methoxy groups -OCH3 is 2. The molecule has 13 nitrogen and oxygen atoms in total. The van der Waals surface area contributed by atoms with E-state index in [-0.39, 0.29) is 45.2 Å². The Balaban J connectivity index is 4.01. The summed E-state index contributed by atoms with van der Waals surface area (Å²) in [5.74, 6) is -0.249. The maximum absolute atomic E-state index is 12.2. The van der Waals surface area contributed by atoms with Gasteiger partial charge in [0, 0.05) is 32.3 Å². The summed E-state index contributed by atoms with van der Waals surface area (Å²) in [6.45, 7) is 0.360. The number of ether oxygens (including phenoxy) is 4. The van der Waals surface area contributed by atoms with Crippen molar-refractivity contribution in [1.82, 2.24) is 10.6 Å². The second-order valence-electron chi connectivity index (χ2n) is 6.60. The molecule has 0 unspecified atom stereocenters. The molecule has 7 N–H and O–H groups in total. The number of hydrogen-bond donors (Lipinski definition) is 6. The van der Waals surface area contributed by atoms with Crippen LogP contribution in [-0.2, 0) is 33.1 Å². The molecule has 2 amide bonds. The van der Waals surface area contributed by atoms with Gasteiger partial charge in [-0.25, -0.2) is 0 Å². The number of rotatable bonds is 20. The first-order chi connectivity index (χ1) is 15.1. The number of nitrogens with one attached hydrogen (secondary N) is 2. The van der Waals surface area contributed by atoms with Gasteiger partial charge in [-0.1, -0.05) is 0 Å². The molecule has 0 aromatic heterocycles. The van der Waals surface area contributed by atoms with Crippen molar-refractivity contribution in [3.05, 3.63) is 0 Å². The van der Waals surface area contributed by atoms with E-state index in [1.165, 1.54) is 11.8 Å². The molecule has 0 spiro atoms. The van der Waals surface area contributed by atoms with Crippen LogP contribution >= 0.6 is 19.4 Å². The number of carbonyl (C=O) groups excluding carboxylic acids is 2. The molecule has 32 heavy (non-hydrogen) atoms. The third-order valence-corrected chi connectivity index (χ3v) is 5.85. The van der Waals surface area contributed by atoms with E-state index in [1.807, 2.05) is 0 Å². The lowest BCUT2D eigenvalue weighted by molar-refractivity contribution is -0.130. The van der Waals surface area contributed by atoms with Crippen LogP contribution < -0.4 is 16.4 Å². The Morgan fingerprint density at radius 1 is 1.06 bits per heavy atom. The third-order valence-electron chi connectivity index (χ3n) is 3.88. The SMILES string of the molecule is COC[C@H](CSC[C@H](N)C(=O)N[C@@H](CO)C(=O)NCCOCCOCCP(=O)(O)O)OC. The average Bonchev–Trinajstić information content (AvgIpc) is 2.74. The van der Waals surface area contributed by atoms with E-state index in [0.717, 1.165) is 0 Å². The van der Waals surface area contributed by atoms with Gasteiger partial charge in [-0.05, 0) is 0 Å². The van der Waals surface area contributed by atoms with Crippen molar-refractivity contribution in [3.63, 3.8) is 0 Å².